The highest BCUT2D eigenvalue weighted by molar-refractivity contribution is 5.67. The summed E-state index contributed by atoms with van der Waals surface area (Å²) in [6.07, 6.45) is 9.93. The van der Waals surface area contributed by atoms with Crippen LogP contribution in [0, 0.1) is 0 Å². The molecule has 3 rings (SSSR count). The van der Waals surface area contributed by atoms with Gasteiger partial charge in [0.15, 0.2) is 11.5 Å². The van der Waals surface area contributed by atoms with Gasteiger partial charge in [-0.3, -0.25) is 4.68 Å². The first-order valence-corrected chi connectivity index (χ1v) is 6.23. The van der Waals surface area contributed by atoms with Crippen molar-refractivity contribution in [3.05, 3.63) is 24.6 Å². The van der Waals surface area contributed by atoms with Crippen molar-refractivity contribution in [3.63, 3.8) is 0 Å². The SMILES string of the molecule is Nc1cn(C2CCCCC2)nc1-c1ccco1. The first-order chi connectivity index (χ1) is 8.34. The Hall–Kier alpha value is -1.71. The predicted octanol–water partition coefficient (Wildman–Crippen LogP) is 3.23. The molecule has 17 heavy (non-hydrogen) atoms. The lowest BCUT2D eigenvalue weighted by Gasteiger charge is -2.21. The van der Waals surface area contributed by atoms with Crippen molar-refractivity contribution in [2.24, 2.45) is 0 Å². The van der Waals surface area contributed by atoms with Crippen molar-refractivity contribution in [3.8, 4) is 11.5 Å². The first-order valence-electron chi connectivity index (χ1n) is 6.23. The Morgan fingerprint density at radius 2 is 2.12 bits per heavy atom. The minimum atomic E-state index is 0.509. The number of nitrogen functional groups attached to an aromatic ring is 1. The van der Waals surface area contributed by atoms with E-state index in [0.29, 0.717) is 11.7 Å². The Bertz CT molecular complexity index is 481. The summed E-state index contributed by atoms with van der Waals surface area (Å²) >= 11 is 0. The Kier molecular flexibility index (Phi) is 2.63. The maximum atomic E-state index is 6.00. The lowest BCUT2D eigenvalue weighted by atomic mass is 9.96. The quantitative estimate of drug-likeness (QED) is 0.863. The van der Waals surface area contributed by atoms with Crippen LogP contribution in [0.3, 0.4) is 0 Å². The molecule has 2 N–H and O–H groups in total. The Balaban J connectivity index is 1.90. The van der Waals surface area contributed by atoms with Gasteiger partial charge in [0.05, 0.1) is 18.0 Å². The molecule has 0 spiro atoms. The summed E-state index contributed by atoms with van der Waals surface area (Å²) in [5.74, 6) is 0.747. The van der Waals surface area contributed by atoms with Gasteiger partial charge < -0.3 is 10.2 Å². The van der Waals surface area contributed by atoms with Gasteiger partial charge in [-0.1, -0.05) is 19.3 Å². The molecule has 0 radical (unpaired) electrons. The van der Waals surface area contributed by atoms with E-state index in [1.165, 1.54) is 32.1 Å². The van der Waals surface area contributed by atoms with Gasteiger partial charge in [0, 0.05) is 6.20 Å². The molecule has 1 saturated carbocycles. The van der Waals surface area contributed by atoms with E-state index in [9.17, 15) is 0 Å². The van der Waals surface area contributed by atoms with Gasteiger partial charge in [-0.2, -0.15) is 5.10 Å². The van der Waals surface area contributed by atoms with Crippen molar-refractivity contribution in [1.82, 2.24) is 9.78 Å². The molecule has 0 amide bonds. The molecule has 1 aliphatic carbocycles. The summed E-state index contributed by atoms with van der Waals surface area (Å²) < 4.78 is 7.37. The molecule has 2 aromatic heterocycles. The van der Waals surface area contributed by atoms with Crippen molar-refractivity contribution in [2.45, 2.75) is 38.1 Å². The van der Waals surface area contributed by atoms with Crippen LogP contribution in [0.5, 0.6) is 0 Å². The molecule has 90 valence electrons. The summed E-state index contributed by atoms with van der Waals surface area (Å²) in [6, 6.07) is 4.26. The number of hydrogen-bond donors (Lipinski definition) is 1. The summed E-state index contributed by atoms with van der Waals surface area (Å²) in [4.78, 5) is 0. The summed E-state index contributed by atoms with van der Waals surface area (Å²) in [6.45, 7) is 0. The highest BCUT2D eigenvalue weighted by Gasteiger charge is 2.19. The Labute approximate surface area is 100 Å². The average Bonchev–Trinajstić information content (AvgIpc) is 2.99. The molecular weight excluding hydrogens is 214 g/mol. The van der Waals surface area contributed by atoms with Gasteiger partial charge in [-0.25, -0.2) is 0 Å². The third-order valence-corrected chi connectivity index (χ3v) is 3.46. The topological polar surface area (TPSA) is 57.0 Å². The summed E-state index contributed by atoms with van der Waals surface area (Å²) in [7, 11) is 0. The third kappa shape index (κ3) is 1.95. The second-order valence-corrected chi connectivity index (χ2v) is 4.68. The molecule has 0 aliphatic heterocycles. The zero-order valence-corrected chi connectivity index (χ0v) is 9.80. The highest BCUT2D eigenvalue weighted by atomic mass is 16.3. The highest BCUT2D eigenvalue weighted by Crippen LogP contribution is 2.31. The number of rotatable bonds is 2. The largest absolute Gasteiger partial charge is 0.463 e. The summed E-state index contributed by atoms with van der Waals surface area (Å²) in [5, 5.41) is 4.57. The minimum absolute atomic E-state index is 0.509. The third-order valence-electron chi connectivity index (χ3n) is 3.46. The van der Waals surface area contributed by atoms with Crippen LogP contribution < -0.4 is 5.73 Å². The molecule has 0 atom stereocenters. The van der Waals surface area contributed by atoms with Crippen LogP contribution in [0.25, 0.3) is 11.5 Å². The molecular formula is C13H17N3O. The van der Waals surface area contributed by atoms with Crippen LogP contribution in [0.15, 0.2) is 29.0 Å². The molecule has 0 bridgehead atoms. The van der Waals surface area contributed by atoms with E-state index >= 15 is 0 Å². The molecule has 4 nitrogen and oxygen atoms in total. The first kappa shape index (κ1) is 10.4. The average molecular weight is 231 g/mol. The van der Waals surface area contributed by atoms with Gasteiger partial charge in [-0.05, 0) is 25.0 Å². The second kappa shape index (κ2) is 4.28. The van der Waals surface area contributed by atoms with E-state index in [1.807, 2.05) is 23.0 Å². The van der Waals surface area contributed by atoms with Crippen LogP contribution in [0.2, 0.25) is 0 Å². The molecule has 2 heterocycles. The zero-order chi connectivity index (χ0) is 11.7. The van der Waals surface area contributed by atoms with Gasteiger partial charge in [0.2, 0.25) is 0 Å². The number of nitrogens with two attached hydrogens (primary N) is 1. The Morgan fingerprint density at radius 1 is 1.29 bits per heavy atom. The van der Waals surface area contributed by atoms with Crippen LogP contribution in [0.1, 0.15) is 38.1 Å². The van der Waals surface area contributed by atoms with Crippen molar-refractivity contribution in [1.29, 1.82) is 0 Å². The molecule has 0 saturated heterocycles. The second-order valence-electron chi connectivity index (χ2n) is 4.68. The fourth-order valence-corrected chi connectivity index (χ4v) is 2.54. The maximum absolute atomic E-state index is 6.00. The van der Waals surface area contributed by atoms with Gasteiger partial charge in [-0.15, -0.1) is 0 Å². The van der Waals surface area contributed by atoms with Crippen LogP contribution >= 0.6 is 0 Å². The monoisotopic (exact) mass is 231 g/mol. The maximum Gasteiger partial charge on any atom is 0.156 e. The molecule has 1 fully saturated rings. The van der Waals surface area contributed by atoms with Gasteiger partial charge in [0.25, 0.3) is 0 Å². The van der Waals surface area contributed by atoms with E-state index in [1.54, 1.807) is 6.26 Å². The number of hydrogen-bond acceptors (Lipinski definition) is 3. The normalized spacial score (nSPS) is 17.4. The molecule has 0 unspecified atom stereocenters. The molecule has 2 aromatic rings. The van der Waals surface area contributed by atoms with Gasteiger partial charge >= 0.3 is 0 Å². The van der Waals surface area contributed by atoms with E-state index in [-0.39, 0.29) is 0 Å². The minimum Gasteiger partial charge on any atom is -0.463 e. The van der Waals surface area contributed by atoms with E-state index in [4.69, 9.17) is 10.2 Å². The van der Waals surface area contributed by atoms with Crippen molar-refractivity contribution >= 4 is 5.69 Å². The van der Waals surface area contributed by atoms with E-state index < -0.39 is 0 Å². The number of furan rings is 1. The fraction of sp³-hybridized carbons (Fsp3) is 0.462. The number of nitrogens with zero attached hydrogens (tertiary/aromatic N) is 2. The lowest BCUT2D eigenvalue weighted by Crippen LogP contribution is -2.13. The smallest absolute Gasteiger partial charge is 0.156 e. The zero-order valence-electron chi connectivity index (χ0n) is 9.80. The van der Waals surface area contributed by atoms with Crippen LogP contribution in [0.4, 0.5) is 5.69 Å². The van der Waals surface area contributed by atoms with E-state index in [0.717, 1.165) is 11.5 Å². The van der Waals surface area contributed by atoms with Gasteiger partial charge in [0.1, 0.15) is 0 Å². The van der Waals surface area contributed by atoms with E-state index in [2.05, 4.69) is 5.10 Å². The number of anilines is 1. The predicted molar refractivity (Wildman–Crippen MR) is 66.5 cm³/mol. The molecule has 0 aromatic carbocycles. The Morgan fingerprint density at radius 3 is 2.82 bits per heavy atom. The van der Waals surface area contributed by atoms with Crippen molar-refractivity contribution in [2.75, 3.05) is 5.73 Å². The fourth-order valence-electron chi connectivity index (χ4n) is 2.54. The lowest BCUT2D eigenvalue weighted by molar-refractivity contribution is 0.330. The van der Waals surface area contributed by atoms with Crippen molar-refractivity contribution < 1.29 is 4.42 Å². The molecule has 1 aliphatic rings. The summed E-state index contributed by atoms with van der Waals surface area (Å²) in [5.41, 5.74) is 7.46. The molecule has 4 heteroatoms. The standard InChI is InChI=1S/C13H17N3O/c14-11-9-16(10-5-2-1-3-6-10)15-13(11)12-7-4-8-17-12/h4,7-10H,1-3,5-6,14H2. The number of aromatic nitrogens is 2. The van der Waals surface area contributed by atoms with Crippen LogP contribution in [-0.4, -0.2) is 9.78 Å². The van der Waals surface area contributed by atoms with Crippen LogP contribution in [-0.2, 0) is 0 Å².